The second-order valence-electron chi connectivity index (χ2n) is 6.07. The van der Waals surface area contributed by atoms with Gasteiger partial charge < -0.3 is 4.74 Å². The standard InChI is InChI=1S/C19H19N3O4S2/c1-13-3-5-14(6-4-13)18(23)20-19-22-21-17(27-19)11-12-28(24,25)16-9-7-15(26-2)8-10-16/h3-10H,11-12H2,1-2H3,(H,20,22,23). The van der Waals surface area contributed by atoms with Crippen LogP contribution in [0.3, 0.4) is 0 Å². The van der Waals surface area contributed by atoms with Crippen LogP contribution < -0.4 is 10.1 Å². The van der Waals surface area contributed by atoms with Gasteiger partial charge >= 0.3 is 0 Å². The molecule has 2 aromatic carbocycles. The van der Waals surface area contributed by atoms with Gasteiger partial charge in [-0.05, 0) is 43.3 Å². The third-order valence-electron chi connectivity index (χ3n) is 4.00. The number of nitrogens with zero attached hydrogens (tertiary/aromatic N) is 2. The zero-order valence-electron chi connectivity index (χ0n) is 15.4. The summed E-state index contributed by atoms with van der Waals surface area (Å²) >= 11 is 1.16. The van der Waals surface area contributed by atoms with Crippen molar-refractivity contribution in [3.63, 3.8) is 0 Å². The SMILES string of the molecule is COc1ccc(S(=O)(=O)CCc2nnc(NC(=O)c3ccc(C)cc3)s2)cc1. The molecule has 0 atom stereocenters. The molecule has 9 heteroatoms. The number of aromatic nitrogens is 2. The quantitative estimate of drug-likeness (QED) is 0.634. The zero-order valence-corrected chi connectivity index (χ0v) is 17.0. The molecular weight excluding hydrogens is 398 g/mol. The van der Waals surface area contributed by atoms with E-state index < -0.39 is 9.84 Å². The number of methoxy groups -OCH3 is 1. The van der Waals surface area contributed by atoms with Crippen molar-refractivity contribution < 1.29 is 17.9 Å². The molecule has 0 spiro atoms. The molecule has 3 aromatic rings. The van der Waals surface area contributed by atoms with Crippen LogP contribution in [-0.4, -0.2) is 37.4 Å². The van der Waals surface area contributed by atoms with Crippen molar-refractivity contribution >= 4 is 32.2 Å². The summed E-state index contributed by atoms with van der Waals surface area (Å²) in [6.07, 6.45) is 0.215. The Hall–Kier alpha value is -2.78. The Morgan fingerprint density at radius 2 is 1.75 bits per heavy atom. The summed E-state index contributed by atoms with van der Waals surface area (Å²) in [6.45, 7) is 1.94. The Morgan fingerprint density at radius 1 is 1.07 bits per heavy atom. The van der Waals surface area contributed by atoms with Gasteiger partial charge in [-0.1, -0.05) is 29.0 Å². The monoisotopic (exact) mass is 417 g/mol. The fourth-order valence-corrected chi connectivity index (χ4v) is 4.51. The minimum atomic E-state index is -3.45. The Balaban J connectivity index is 1.60. The molecule has 7 nitrogen and oxygen atoms in total. The Morgan fingerprint density at radius 3 is 2.39 bits per heavy atom. The molecule has 28 heavy (non-hydrogen) atoms. The predicted molar refractivity (Wildman–Crippen MR) is 108 cm³/mol. The molecule has 1 aromatic heterocycles. The Labute approximate surface area is 167 Å². The molecule has 1 N–H and O–H groups in total. The maximum absolute atomic E-state index is 12.4. The van der Waals surface area contributed by atoms with Crippen LogP contribution >= 0.6 is 11.3 Å². The molecule has 3 rings (SSSR count). The van der Waals surface area contributed by atoms with Crippen molar-refractivity contribution in [3.8, 4) is 5.75 Å². The number of rotatable bonds is 7. The second-order valence-corrected chi connectivity index (χ2v) is 9.24. The molecule has 0 aliphatic heterocycles. The predicted octanol–water partition coefficient (Wildman–Crippen LogP) is 3.12. The highest BCUT2D eigenvalue weighted by Crippen LogP contribution is 2.20. The number of amides is 1. The van der Waals surface area contributed by atoms with Crippen LogP contribution in [0.1, 0.15) is 20.9 Å². The largest absolute Gasteiger partial charge is 0.497 e. The van der Waals surface area contributed by atoms with E-state index in [1.54, 1.807) is 24.3 Å². The topological polar surface area (TPSA) is 98.2 Å². The van der Waals surface area contributed by atoms with E-state index in [4.69, 9.17) is 4.74 Å². The number of carbonyl (C=O) groups excluding carboxylic acids is 1. The van der Waals surface area contributed by atoms with Gasteiger partial charge in [0.15, 0.2) is 9.84 Å². The van der Waals surface area contributed by atoms with Gasteiger partial charge in [-0.15, -0.1) is 10.2 Å². The molecule has 0 radical (unpaired) electrons. The Kier molecular flexibility index (Phi) is 6.05. The molecule has 1 heterocycles. The minimum absolute atomic E-state index is 0.0974. The fraction of sp³-hybridized carbons (Fsp3) is 0.211. The van der Waals surface area contributed by atoms with Gasteiger partial charge in [0.05, 0.1) is 17.8 Å². The molecular formula is C19H19N3O4S2. The first kappa shape index (κ1) is 20.0. The average molecular weight is 418 g/mol. The van der Waals surface area contributed by atoms with Gasteiger partial charge in [0.25, 0.3) is 5.91 Å². The lowest BCUT2D eigenvalue weighted by atomic mass is 10.1. The number of sulfone groups is 1. The molecule has 1 amide bonds. The van der Waals surface area contributed by atoms with Crippen LogP contribution in [0.2, 0.25) is 0 Å². The van der Waals surface area contributed by atoms with Crippen LogP contribution in [0.4, 0.5) is 5.13 Å². The summed E-state index contributed by atoms with van der Waals surface area (Å²) in [5.74, 6) is 0.213. The molecule has 0 aliphatic carbocycles. The van der Waals surface area contributed by atoms with Crippen molar-refractivity contribution in [2.45, 2.75) is 18.2 Å². The summed E-state index contributed by atoms with van der Waals surface area (Å²) in [7, 11) is -1.93. The number of nitrogens with one attached hydrogen (secondary N) is 1. The highest BCUT2D eigenvalue weighted by atomic mass is 32.2. The van der Waals surface area contributed by atoms with Crippen molar-refractivity contribution in [3.05, 3.63) is 64.7 Å². The number of hydrogen-bond acceptors (Lipinski definition) is 7. The van der Waals surface area contributed by atoms with Crippen LogP contribution in [0.15, 0.2) is 53.4 Å². The zero-order chi connectivity index (χ0) is 20.1. The summed E-state index contributed by atoms with van der Waals surface area (Å²) in [5.41, 5.74) is 1.58. The van der Waals surface area contributed by atoms with Crippen molar-refractivity contribution in [2.75, 3.05) is 18.2 Å². The molecule has 0 aliphatic rings. The van der Waals surface area contributed by atoms with E-state index in [0.717, 1.165) is 16.9 Å². The summed E-state index contributed by atoms with van der Waals surface area (Å²) < 4.78 is 29.9. The number of benzene rings is 2. The van der Waals surface area contributed by atoms with Gasteiger partial charge in [-0.3, -0.25) is 10.1 Å². The van der Waals surface area contributed by atoms with E-state index in [1.807, 2.05) is 19.1 Å². The smallest absolute Gasteiger partial charge is 0.257 e. The minimum Gasteiger partial charge on any atom is -0.497 e. The lowest BCUT2D eigenvalue weighted by molar-refractivity contribution is 0.102. The number of hydrogen-bond donors (Lipinski definition) is 1. The van der Waals surface area contributed by atoms with Crippen LogP contribution in [0.5, 0.6) is 5.75 Å². The maximum atomic E-state index is 12.4. The summed E-state index contributed by atoms with van der Waals surface area (Å²) in [4.78, 5) is 12.4. The van der Waals surface area contributed by atoms with Gasteiger partial charge in [0.1, 0.15) is 10.8 Å². The highest BCUT2D eigenvalue weighted by molar-refractivity contribution is 7.91. The lowest BCUT2D eigenvalue weighted by Crippen LogP contribution is -2.11. The van der Waals surface area contributed by atoms with E-state index in [2.05, 4.69) is 15.5 Å². The number of carbonyl (C=O) groups is 1. The maximum Gasteiger partial charge on any atom is 0.257 e. The molecule has 0 saturated heterocycles. The fourth-order valence-electron chi connectivity index (χ4n) is 2.40. The molecule has 0 fully saturated rings. The average Bonchev–Trinajstić information content (AvgIpc) is 3.14. The molecule has 146 valence electrons. The van der Waals surface area contributed by atoms with E-state index in [-0.39, 0.29) is 23.0 Å². The first-order chi connectivity index (χ1) is 13.4. The Bertz CT molecular complexity index is 1060. The van der Waals surface area contributed by atoms with Crippen LogP contribution in [0, 0.1) is 6.92 Å². The van der Waals surface area contributed by atoms with Crippen LogP contribution in [0.25, 0.3) is 0 Å². The van der Waals surface area contributed by atoms with Crippen molar-refractivity contribution in [1.29, 1.82) is 0 Å². The number of ether oxygens (including phenoxy) is 1. The molecule has 0 saturated carbocycles. The lowest BCUT2D eigenvalue weighted by Gasteiger charge is -2.04. The van der Waals surface area contributed by atoms with Gasteiger partial charge in [0, 0.05) is 12.0 Å². The van der Waals surface area contributed by atoms with E-state index in [9.17, 15) is 13.2 Å². The van der Waals surface area contributed by atoms with Gasteiger partial charge in [-0.25, -0.2) is 8.42 Å². The van der Waals surface area contributed by atoms with Crippen molar-refractivity contribution in [2.24, 2.45) is 0 Å². The first-order valence-electron chi connectivity index (χ1n) is 8.44. The third-order valence-corrected chi connectivity index (χ3v) is 6.63. The molecule has 0 unspecified atom stereocenters. The number of aryl methyl sites for hydroxylation is 2. The third kappa shape index (κ3) is 4.93. The summed E-state index contributed by atoms with van der Waals surface area (Å²) in [5, 5.41) is 11.4. The van der Waals surface area contributed by atoms with Crippen LogP contribution in [-0.2, 0) is 16.3 Å². The second kappa shape index (κ2) is 8.49. The van der Waals surface area contributed by atoms with E-state index in [0.29, 0.717) is 21.5 Å². The first-order valence-corrected chi connectivity index (χ1v) is 10.9. The highest BCUT2D eigenvalue weighted by Gasteiger charge is 2.17. The van der Waals surface area contributed by atoms with E-state index in [1.165, 1.54) is 19.2 Å². The van der Waals surface area contributed by atoms with E-state index >= 15 is 0 Å². The summed E-state index contributed by atoms with van der Waals surface area (Å²) in [6, 6.07) is 13.4. The van der Waals surface area contributed by atoms with Crippen molar-refractivity contribution in [1.82, 2.24) is 10.2 Å². The van der Waals surface area contributed by atoms with Gasteiger partial charge in [0.2, 0.25) is 5.13 Å². The normalized spacial score (nSPS) is 11.2. The number of anilines is 1. The van der Waals surface area contributed by atoms with Gasteiger partial charge in [-0.2, -0.15) is 0 Å². The molecule has 0 bridgehead atoms.